The molecule has 1 fully saturated rings. The topological polar surface area (TPSA) is 61.6 Å². The minimum atomic E-state index is -0.0172. The van der Waals surface area contributed by atoms with Crippen LogP contribution in [0.25, 0.3) is 0 Å². The lowest BCUT2D eigenvalue weighted by Crippen LogP contribution is -2.49. The van der Waals surface area contributed by atoms with E-state index < -0.39 is 0 Å². The number of carbonyl (C=O) groups is 1. The SMILES string of the molecule is Cc1ccc(C)c(C(=O)N2CCN(c3c(CO)c(C)nn3C)CC2)c1. The average molecular weight is 342 g/mol. The Kier molecular flexibility index (Phi) is 4.81. The van der Waals surface area contributed by atoms with E-state index in [9.17, 15) is 9.90 Å². The van der Waals surface area contributed by atoms with Crippen molar-refractivity contribution in [2.45, 2.75) is 27.4 Å². The molecule has 2 aromatic rings. The number of aliphatic hydroxyl groups excluding tert-OH is 1. The predicted octanol–water partition coefficient (Wildman–Crippen LogP) is 1.80. The fraction of sp³-hybridized carbons (Fsp3) is 0.474. The monoisotopic (exact) mass is 342 g/mol. The molecule has 0 atom stereocenters. The van der Waals surface area contributed by atoms with Gasteiger partial charge in [-0.2, -0.15) is 5.10 Å². The number of piperazine rings is 1. The number of aromatic nitrogens is 2. The first-order valence-electron chi connectivity index (χ1n) is 8.67. The number of carbonyl (C=O) groups excluding carboxylic acids is 1. The highest BCUT2D eigenvalue weighted by molar-refractivity contribution is 5.96. The van der Waals surface area contributed by atoms with Crippen LogP contribution in [0, 0.1) is 20.8 Å². The molecule has 1 aliphatic rings. The maximum atomic E-state index is 12.9. The Morgan fingerprint density at radius 1 is 1.16 bits per heavy atom. The number of amides is 1. The predicted molar refractivity (Wildman–Crippen MR) is 97.9 cm³/mol. The lowest BCUT2D eigenvalue weighted by Gasteiger charge is -2.36. The van der Waals surface area contributed by atoms with Crippen molar-refractivity contribution in [1.29, 1.82) is 0 Å². The fourth-order valence-corrected chi connectivity index (χ4v) is 3.53. The third kappa shape index (κ3) is 3.26. The Morgan fingerprint density at radius 2 is 1.84 bits per heavy atom. The molecule has 0 saturated carbocycles. The summed E-state index contributed by atoms with van der Waals surface area (Å²) in [6.07, 6.45) is 0. The maximum absolute atomic E-state index is 12.9. The molecule has 1 aromatic carbocycles. The van der Waals surface area contributed by atoms with Crippen molar-refractivity contribution < 1.29 is 9.90 Å². The number of hydrogen-bond acceptors (Lipinski definition) is 4. The van der Waals surface area contributed by atoms with Crippen LogP contribution in [0.2, 0.25) is 0 Å². The molecule has 6 heteroatoms. The van der Waals surface area contributed by atoms with Crippen molar-refractivity contribution >= 4 is 11.7 Å². The molecule has 6 nitrogen and oxygen atoms in total. The summed E-state index contributed by atoms with van der Waals surface area (Å²) in [6.45, 7) is 8.70. The van der Waals surface area contributed by atoms with Crippen molar-refractivity contribution in [2.75, 3.05) is 31.1 Å². The summed E-state index contributed by atoms with van der Waals surface area (Å²) in [5.41, 5.74) is 4.64. The van der Waals surface area contributed by atoms with E-state index in [0.717, 1.165) is 46.9 Å². The van der Waals surface area contributed by atoms with E-state index >= 15 is 0 Å². The quantitative estimate of drug-likeness (QED) is 0.924. The summed E-state index contributed by atoms with van der Waals surface area (Å²) in [7, 11) is 1.90. The van der Waals surface area contributed by atoms with E-state index in [0.29, 0.717) is 13.1 Å². The molecule has 0 radical (unpaired) electrons. The number of benzene rings is 1. The van der Waals surface area contributed by atoms with E-state index in [-0.39, 0.29) is 12.5 Å². The van der Waals surface area contributed by atoms with E-state index in [1.165, 1.54) is 0 Å². The van der Waals surface area contributed by atoms with Crippen LogP contribution in [0.1, 0.15) is 32.7 Å². The fourth-order valence-electron chi connectivity index (χ4n) is 3.53. The third-order valence-electron chi connectivity index (χ3n) is 4.96. The molecular formula is C19H26N4O2. The normalized spacial score (nSPS) is 14.9. The van der Waals surface area contributed by atoms with Gasteiger partial charge in [0.1, 0.15) is 5.82 Å². The molecule has 0 unspecified atom stereocenters. The first-order chi connectivity index (χ1) is 11.9. The molecule has 25 heavy (non-hydrogen) atoms. The number of nitrogens with zero attached hydrogens (tertiary/aromatic N) is 4. The standard InChI is InChI=1S/C19H26N4O2/c1-13-5-6-14(2)16(11-13)19(25)23-9-7-22(8-10-23)18-17(12-24)15(3)20-21(18)4/h5-6,11,24H,7-10,12H2,1-4H3. The van der Waals surface area contributed by atoms with Gasteiger partial charge in [-0.1, -0.05) is 17.7 Å². The van der Waals surface area contributed by atoms with Crippen LogP contribution in [0.4, 0.5) is 5.82 Å². The Balaban J connectivity index is 1.74. The zero-order valence-corrected chi connectivity index (χ0v) is 15.4. The van der Waals surface area contributed by atoms with Gasteiger partial charge >= 0.3 is 0 Å². The second-order valence-electron chi connectivity index (χ2n) is 6.77. The summed E-state index contributed by atoms with van der Waals surface area (Å²) >= 11 is 0. The molecule has 1 N–H and O–H groups in total. The second-order valence-corrected chi connectivity index (χ2v) is 6.77. The van der Waals surface area contributed by atoms with Crippen molar-refractivity contribution in [1.82, 2.24) is 14.7 Å². The first kappa shape index (κ1) is 17.5. The molecule has 0 bridgehead atoms. The summed E-state index contributed by atoms with van der Waals surface area (Å²) < 4.78 is 1.82. The summed E-state index contributed by atoms with van der Waals surface area (Å²) in [6, 6.07) is 6.01. The third-order valence-corrected chi connectivity index (χ3v) is 4.96. The highest BCUT2D eigenvalue weighted by Gasteiger charge is 2.26. The van der Waals surface area contributed by atoms with Crippen LogP contribution >= 0.6 is 0 Å². The van der Waals surface area contributed by atoms with Crippen molar-refractivity contribution in [3.63, 3.8) is 0 Å². The lowest BCUT2D eigenvalue weighted by molar-refractivity contribution is 0.0745. The zero-order valence-electron chi connectivity index (χ0n) is 15.4. The summed E-state index contributed by atoms with van der Waals surface area (Å²) in [4.78, 5) is 17.0. The Labute approximate surface area is 148 Å². The molecule has 1 amide bonds. The molecule has 1 saturated heterocycles. The smallest absolute Gasteiger partial charge is 0.254 e. The number of aliphatic hydroxyl groups is 1. The number of hydrogen-bond donors (Lipinski definition) is 1. The molecular weight excluding hydrogens is 316 g/mol. The van der Waals surface area contributed by atoms with E-state index in [4.69, 9.17) is 0 Å². The molecule has 2 heterocycles. The van der Waals surface area contributed by atoms with Crippen LogP contribution in [0.15, 0.2) is 18.2 Å². The minimum absolute atomic E-state index is 0.0172. The summed E-state index contributed by atoms with van der Waals surface area (Å²) in [5.74, 6) is 1.06. The van der Waals surface area contributed by atoms with Crippen LogP contribution in [-0.2, 0) is 13.7 Å². The van der Waals surface area contributed by atoms with Gasteiger partial charge in [0.25, 0.3) is 5.91 Å². The van der Waals surface area contributed by atoms with Crippen molar-refractivity contribution in [2.24, 2.45) is 7.05 Å². The minimum Gasteiger partial charge on any atom is -0.391 e. The lowest BCUT2D eigenvalue weighted by atomic mass is 10.0. The Hall–Kier alpha value is -2.34. The van der Waals surface area contributed by atoms with Crippen LogP contribution in [-0.4, -0.2) is 51.9 Å². The number of rotatable bonds is 3. The zero-order chi connectivity index (χ0) is 18.1. The van der Waals surface area contributed by atoms with Crippen LogP contribution < -0.4 is 4.90 Å². The van der Waals surface area contributed by atoms with Crippen LogP contribution in [0.5, 0.6) is 0 Å². The highest BCUT2D eigenvalue weighted by Crippen LogP contribution is 2.25. The first-order valence-corrected chi connectivity index (χ1v) is 8.67. The maximum Gasteiger partial charge on any atom is 0.254 e. The molecule has 3 rings (SSSR count). The Bertz CT molecular complexity index is 789. The molecule has 0 spiro atoms. The average Bonchev–Trinajstić information content (AvgIpc) is 2.89. The van der Waals surface area contributed by atoms with Gasteiger partial charge < -0.3 is 14.9 Å². The molecule has 1 aromatic heterocycles. The molecule has 134 valence electrons. The van der Waals surface area contributed by atoms with Gasteiger partial charge in [0, 0.05) is 44.4 Å². The van der Waals surface area contributed by atoms with Gasteiger partial charge in [0.15, 0.2) is 0 Å². The van der Waals surface area contributed by atoms with Gasteiger partial charge in [-0.25, -0.2) is 0 Å². The van der Waals surface area contributed by atoms with E-state index in [1.807, 2.05) is 55.6 Å². The van der Waals surface area contributed by atoms with Gasteiger partial charge in [0.2, 0.25) is 0 Å². The van der Waals surface area contributed by atoms with E-state index in [1.54, 1.807) is 0 Å². The van der Waals surface area contributed by atoms with Gasteiger partial charge in [-0.15, -0.1) is 0 Å². The van der Waals surface area contributed by atoms with Crippen molar-refractivity contribution in [3.8, 4) is 0 Å². The summed E-state index contributed by atoms with van der Waals surface area (Å²) in [5, 5.41) is 14.1. The molecule has 0 aliphatic carbocycles. The number of anilines is 1. The highest BCUT2D eigenvalue weighted by atomic mass is 16.3. The largest absolute Gasteiger partial charge is 0.391 e. The van der Waals surface area contributed by atoms with Gasteiger partial charge in [-0.3, -0.25) is 9.48 Å². The molecule has 1 aliphatic heterocycles. The van der Waals surface area contributed by atoms with Crippen molar-refractivity contribution in [3.05, 3.63) is 46.1 Å². The van der Waals surface area contributed by atoms with Crippen LogP contribution in [0.3, 0.4) is 0 Å². The second kappa shape index (κ2) is 6.88. The van der Waals surface area contributed by atoms with E-state index in [2.05, 4.69) is 10.00 Å². The van der Waals surface area contributed by atoms with Gasteiger partial charge in [0.05, 0.1) is 12.3 Å². The van der Waals surface area contributed by atoms with Gasteiger partial charge in [-0.05, 0) is 32.4 Å². The Morgan fingerprint density at radius 3 is 2.48 bits per heavy atom. The number of aryl methyl sites for hydroxylation is 4.